The van der Waals surface area contributed by atoms with E-state index in [0.29, 0.717) is 21.8 Å². The van der Waals surface area contributed by atoms with Gasteiger partial charge in [-0.15, -0.1) is 11.3 Å². The highest BCUT2D eigenvalue weighted by molar-refractivity contribution is 7.12. The molecular formula is C22H18N4O2S. The summed E-state index contributed by atoms with van der Waals surface area (Å²) in [5, 5.41) is 9.21. The number of hydrazone groups is 1. The number of carbonyl (C=O) groups excluding carboxylic acids is 1. The van der Waals surface area contributed by atoms with Crippen molar-refractivity contribution < 1.29 is 4.79 Å². The van der Waals surface area contributed by atoms with Crippen molar-refractivity contribution in [1.82, 2.24) is 15.2 Å². The molecule has 0 saturated carbocycles. The Kier molecular flexibility index (Phi) is 5.22. The van der Waals surface area contributed by atoms with Crippen molar-refractivity contribution in [2.45, 2.75) is 6.92 Å². The number of para-hydroxylation sites is 1. The van der Waals surface area contributed by atoms with E-state index >= 15 is 0 Å². The fourth-order valence-corrected chi connectivity index (χ4v) is 3.61. The average Bonchev–Trinajstić information content (AvgIpc) is 3.41. The number of aromatic amines is 1. The Morgan fingerprint density at radius 2 is 1.69 bits per heavy atom. The molecule has 4 rings (SSSR count). The highest BCUT2D eigenvalue weighted by atomic mass is 32.1. The fourth-order valence-electron chi connectivity index (χ4n) is 3.00. The van der Waals surface area contributed by atoms with Gasteiger partial charge in [0.1, 0.15) is 0 Å². The largest absolute Gasteiger partial charge is 0.290 e. The minimum absolute atomic E-state index is 0.235. The Balaban J connectivity index is 1.78. The van der Waals surface area contributed by atoms with Crippen LogP contribution in [0.4, 0.5) is 0 Å². The van der Waals surface area contributed by atoms with E-state index in [1.807, 2.05) is 66.0 Å². The Morgan fingerprint density at radius 1 is 1.00 bits per heavy atom. The van der Waals surface area contributed by atoms with Crippen LogP contribution in [0.2, 0.25) is 0 Å². The van der Waals surface area contributed by atoms with Gasteiger partial charge in [0.25, 0.3) is 11.5 Å². The van der Waals surface area contributed by atoms with Gasteiger partial charge in [-0.2, -0.15) is 5.10 Å². The zero-order valence-electron chi connectivity index (χ0n) is 15.6. The van der Waals surface area contributed by atoms with Crippen molar-refractivity contribution in [2.75, 3.05) is 0 Å². The molecule has 0 bridgehead atoms. The smallest absolute Gasteiger partial charge is 0.281 e. The molecule has 6 nitrogen and oxygen atoms in total. The lowest BCUT2D eigenvalue weighted by Crippen LogP contribution is -2.23. The monoisotopic (exact) mass is 402 g/mol. The molecule has 4 aromatic rings. The average molecular weight is 402 g/mol. The topological polar surface area (TPSA) is 79.2 Å². The molecule has 0 atom stereocenters. The molecule has 0 unspecified atom stereocenters. The number of nitrogens with zero attached hydrogens (tertiary/aromatic N) is 2. The van der Waals surface area contributed by atoms with Crippen LogP contribution < -0.4 is 11.0 Å². The van der Waals surface area contributed by atoms with Gasteiger partial charge in [0.2, 0.25) is 0 Å². The van der Waals surface area contributed by atoms with E-state index in [0.717, 1.165) is 11.3 Å². The lowest BCUT2D eigenvalue weighted by Gasteiger charge is -2.03. The lowest BCUT2D eigenvalue weighted by atomic mass is 10.1. The first kappa shape index (κ1) is 18.6. The molecule has 0 saturated heterocycles. The maximum Gasteiger partial charge on any atom is 0.281 e. The van der Waals surface area contributed by atoms with Crippen LogP contribution in [0.1, 0.15) is 22.2 Å². The predicted molar refractivity (Wildman–Crippen MR) is 116 cm³/mol. The van der Waals surface area contributed by atoms with Gasteiger partial charge < -0.3 is 0 Å². The second-order valence-corrected chi connectivity index (χ2v) is 7.27. The molecule has 0 spiro atoms. The van der Waals surface area contributed by atoms with Crippen LogP contribution in [0.15, 0.2) is 88.1 Å². The van der Waals surface area contributed by atoms with Gasteiger partial charge >= 0.3 is 0 Å². The normalized spacial score (nSPS) is 11.4. The van der Waals surface area contributed by atoms with Gasteiger partial charge in [0, 0.05) is 5.56 Å². The lowest BCUT2D eigenvalue weighted by molar-refractivity contribution is 0.0959. The number of nitrogens with one attached hydrogen (secondary N) is 2. The SMILES string of the molecule is C/C(=N\NC(=O)c1cccs1)c1c(-c2ccccc2)[nH]n(-c2ccccc2)c1=O. The van der Waals surface area contributed by atoms with Gasteiger partial charge in [-0.3, -0.25) is 14.7 Å². The fraction of sp³-hybridized carbons (Fsp3) is 0.0455. The molecule has 2 aromatic carbocycles. The molecule has 2 aromatic heterocycles. The number of thiophene rings is 1. The van der Waals surface area contributed by atoms with Gasteiger partial charge in [-0.25, -0.2) is 10.1 Å². The molecule has 0 aliphatic rings. The summed E-state index contributed by atoms with van der Waals surface area (Å²) in [4.78, 5) is 26.0. The Labute approximate surface area is 171 Å². The van der Waals surface area contributed by atoms with E-state index < -0.39 is 0 Å². The number of H-pyrrole nitrogens is 1. The number of aromatic nitrogens is 2. The minimum atomic E-state index is -0.306. The second kappa shape index (κ2) is 8.12. The van der Waals surface area contributed by atoms with Gasteiger partial charge in [-0.1, -0.05) is 54.6 Å². The van der Waals surface area contributed by atoms with E-state index in [4.69, 9.17) is 0 Å². The summed E-state index contributed by atoms with van der Waals surface area (Å²) in [6.45, 7) is 1.71. The van der Waals surface area contributed by atoms with Crippen molar-refractivity contribution >= 4 is 23.0 Å². The molecule has 0 aliphatic carbocycles. The minimum Gasteiger partial charge on any atom is -0.290 e. The van der Waals surface area contributed by atoms with Gasteiger partial charge in [0.05, 0.1) is 27.5 Å². The predicted octanol–water partition coefficient (Wildman–Crippen LogP) is 4.05. The number of hydrogen-bond donors (Lipinski definition) is 2. The standard InChI is InChI=1S/C22H18N4O2S/c1-15(23-24-21(27)18-13-8-14-29-18)19-20(16-9-4-2-5-10-16)25-26(22(19)28)17-11-6-3-7-12-17/h2-14,25H,1H3,(H,24,27)/b23-15+. The number of hydrogen-bond acceptors (Lipinski definition) is 4. The van der Waals surface area contributed by atoms with Crippen LogP contribution in [0, 0.1) is 0 Å². The summed E-state index contributed by atoms with van der Waals surface area (Å²) in [5.74, 6) is -0.306. The maximum atomic E-state index is 13.2. The van der Waals surface area contributed by atoms with Gasteiger partial charge in [-0.05, 0) is 30.5 Å². The summed E-state index contributed by atoms with van der Waals surface area (Å²) in [5.41, 5.74) is 5.35. The first-order valence-electron chi connectivity index (χ1n) is 8.99. The van der Waals surface area contributed by atoms with Crippen molar-refractivity contribution in [3.05, 3.63) is 99.0 Å². The van der Waals surface area contributed by atoms with E-state index in [1.165, 1.54) is 16.0 Å². The molecule has 7 heteroatoms. The molecule has 0 radical (unpaired) electrons. The zero-order valence-corrected chi connectivity index (χ0v) is 16.4. The van der Waals surface area contributed by atoms with Crippen LogP contribution in [-0.2, 0) is 0 Å². The summed E-state index contributed by atoms with van der Waals surface area (Å²) < 4.78 is 1.48. The van der Waals surface area contributed by atoms with Crippen LogP contribution in [0.25, 0.3) is 16.9 Å². The summed E-state index contributed by atoms with van der Waals surface area (Å²) in [6.07, 6.45) is 0. The van der Waals surface area contributed by atoms with Crippen LogP contribution >= 0.6 is 11.3 Å². The number of benzene rings is 2. The van der Waals surface area contributed by atoms with Crippen LogP contribution in [-0.4, -0.2) is 21.4 Å². The Hall–Kier alpha value is -3.71. The molecule has 1 amide bonds. The summed E-state index contributed by atoms with van der Waals surface area (Å²) >= 11 is 1.33. The number of rotatable bonds is 5. The molecular weight excluding hydrogens is 384 g/mol. The Bertz CT molecular complexity index is 1210. The number of amides is 1. The molecule has 0 aliphatic heterocycles. The van der Waals surface area contributed by atoms with Crippen molar-refractivity contribution in [3.63, 3.8) is 0 Å². The highest BCUT2D eigenvalue weighted by Crippen LogP contribution is 2.21. The molecule has 29 heavy (non-hydrogen) atoms. The van der Waals surface area contributed by atoms with Crippen LogP contribution in [0.5, 0.6) is 0 Å². The maximum absolute atomic E-state index is 13.2. The van der Waals surface area contributed by atoms with Gasteiger partial charge in [0.15, 0.2) is 0 Å². The number of carbonyl (C=O) groups is 1. The quantitative estimate of drug-likeness (QED) is 0.390. The molecule has 0 fully saturated rings. The Morgan fingerprint density at radius 3 is 2.34 bits per heavy atom. The van der Waals surface area contributed by atoms with Crippen molar-refractivity contribution in [3.8, 4) is 16.9 Å². The zero-order chi connectivity index (χ0) is 20.2. The highest BCUT2D eigenvalue weighted by Gasteiger charge is 2.19. The van der Waals surface area contributed by atoms with E-state index in [9.17, 15) is 9.59 Å². The van der Waals surface area contributed by atoms with Crippen molar-refractivity contribution in [2.24, 2.45) is 5.10 Å². The first-order valence-corrected chi connectivity index (χ1v) is 9.87. The van der Waals surface area contributed by atoms with E-state index in [-0.39, 0.29) is 11.5 Å². The third-order valence-electron chi connectivity index (χ3n) is 4.40. The third kappa shape index (κ3) is 3.81. The van der Waals surface area contributed by atoms with Crippen molar-refractivity contribution in [1.29, 1.82) is 0 Å². The third-order valence-corrected chi connectivity index (χ3v) is 5.27. The molecule has 2 heterocycles. The second-order valence-electron chi connectivity index (χ2n) is 6.32. The van der Waals surface area contributed by atoms with E-state index in [2.05, 4.69) is 15.6 Å². The molecule has 144 valence electrons. The first-order chi connectivity index (χ1) is 14.1. The summed E-state index contributed by atoms with van der Waals surface area (Å²) in [6, 6.07) is 22.4. The summed E-state index contributed by atoms with van der Waals surface area (Å²) in [7, 11) is 0. The molecule has 2 N–H and O–H groups in total. The van der Waals surface area contributed by atoms with Crippen LogP contribution in [0.3, 0.4) is 0 Å². The van der Waals surface area contributed by atoms with E-state index in [1.54, 1.807) is 19.1 Å².